The van der Waals surface area contributed by atoms with Crippen LogP contribution in [0.15, 0.2) is 66.7 Å². The third-order valence-corrected chi connectivity index (χ3v) is 4.18. The fraction of sp³-hybridized carbons (Fsp3) is 0.0556. The third-order valence-electron chi connectivity index (χ3n) is 3.24. The lowest BCUT2D eigenvalue weighted by atomic mass is 10.1. The molecule has 0 atom stereocenters. The Morgan fingerprint density at radius 3 is 2.50 bits per heavy atom. The molecule has 0 bridgehead atoms. The summed E-state index contributed by atoms with van der Waals surface area (Å²) in [4.78, 5) is 12.0. The van der Waals surface area contributed by atoms with Crippen molar-refractivity contribution in [2.45, 2.75) is 0 Å². The molecule has 0 spiro atoms. The summed E-state index contributed by atoms with van der Waals surface area (Å²) in [7, 11) is 0. The van der Waals surface area contributed by atoms with Crippen molar-refractivity contribution in [1.82, 2.24) is 0 Å². The summed E-state index contributed by atoms with van der Waals surface area (Å²) in [6.07, 6.45) is 0. The minimum atomic E-state index is -0.169. The van der Waals surface area contributed by atoms with Gasteiger partial charge in [0.1, 0.15) is 5.75 Å². The van der Waals surface area contributed by atoms with Gasteiger partial charge >= 0.3 is 0 Å². The summed E-state index contributed by atoms with van der Waals surface area (Å²) in [5, 5.41) is 5.09. The van der Waals surface area contributed by atoms with Crippen LogP contribution in [0.5, 0.6) is 5.75 Å². The summed E-state index contributed by atoms with van der Waals surface area (Å²) in [6.45, 7) is -0.0106. The van der Waals surface area contributed by atoms with Crippen molar-refractivity contribution in [3.05, 3.63) is 70.3 Å². The molecule has 3 rings (SSSR count). The molecule has 0 aliphatic carbocycles. The zero-order valence-electron chi connectivity index (χ0n) is 11.8. The number of amides is 1. The Hall–Kier alpha value is -2.08. The van der Waals surface area contributed by atoms with Crippen LogP contribution < -0.4 is 10.1 Å². The minimum Gasteiger partial charge on any atom is -0.484 e. The highest BCUT2D eigenvalue weighted by Crippen LogP contribution is 2.21. The average molecular weight is 403 g/mol. The van der Waals surface area contributed by atoms with Gasteiger partial charge in [0.25, 0.3) is 5.91 Å². The number of nitrogens with one attached hydrogen (secondary N) is 1. The molecule has 0 heterocycles. The second-order valence-electron chi connectivity index (χ2n) is 4.83. The molecule has 110 valence electrons. The van der Waals surface area contributed by atoms with E-state index in [0.29, 0.717) is 5.75 Å². The van der Waals surface area contributed by atoms with Gasteiger partial charge in [0.15, 0.2) is 6.61 Å². The second kappa shape index (κ2) is 6.79. The molecule has 1 amide bonds. The number of fused-ring (bicyclic) bond motifs is 1. The van der Waals surface area contributed by atoms with E-state index in [4.69, 9.17) is 4.74 Å². The van der Waals surface area contributed by atoms with Gasteiger partial charge in [-0.25, -0.2) is 0 Å². The zero-order valence-corrected chi connectivity index (χ0v) is 13.9. The van der Waals surface area contributed by atoms with Gasteiger partial charge in [-0.15, -0.1) is 0 Å². The molecule has 1 N–H and O–H groups in total. The number of para-hydroxylation sites is 1. The van der Waals surface area contributed by atoms with Crippen molar-refractivity contribution in [2.24, 2.45) is 0 Å². The number of benzene rings is 3. The summed E-state index contributed by atoms with van der Waals surface area (Å²) in [5.41, 5.74) is 0.801. The number of hydrogen-bond donors (Lipinski definition) is 1. The van der Waals surface area contributed by atoms with E-state index in [2.05, 4.69) is 27.9 Å². The number of ether oxygens (including phenoxy) is 1. The highest BCUT2D eigenvalue weighted by atomic mass is 127. The predicted octanol–water partition coefficient (Wildman–Crippen LogP) is 4.46. The molecule has 0 saturated heterocycles. The van der Waals surface area contributed by atoms with E-state index in [1.165, 1.54) is 0 Å². The van der Waals surface area contributed by atoms with E-state index in [1.807, 2.05) is 66.7 Å². The maximum Gasteiger partial charge on any atom is 0.262 e. The molecule has 0 aromatic heterocycles. The van der Waals surface area contributed by atoms with Gasteiger partial charge in [-0.3, -0.25) is 4.79 Å². The Morgan fingerprint density at radius 2 is 1.68 bits per heavy atom. The highest BCUT2D eigenvalue weighted by Gasteiger charge is 2.06. The van der Waals surface area contributed by atoms with E-state index in [9.17, 15) is 4.79 Å². The van der Waals surface area contributed by atoms with E-state index >= 15 is 0 Å². The summed E-state index contributed by atoms with van der Waals surface area (Å²) in [6, 6.07) is 21.5. The van der Waals surface area contributed by atoms with E-state index in [1.54, 1.807) is 0 Å². The first kappa shape index (κ1) is 14.8. The molecule has 3 aromatic rings. The lowest BCUT2D eigenvalue weighted by Gasteiger charge is -2.09. The van der Waals surface area contributed by atoms with Crippen molar-refractivity contribution >= 4 is 45.0 Å². The fourth-order valence-electron chi connectivity index (χ4n) is 2.15. The Morgan fingerprint density at radius 1 is 0.955 bits per heavy atom. The fourth-order valence-corrected chi connectivity index (χ4v) is 2.68. The third kappa shape index (κ3) is 3.57. The molecule has 0 unspecified atom stereocenters. The zero-order chi connectivity index (χ0) is 15.4. The van der Waals surface area contributed by atoms with Crippen LogP contribution in [-0.4, -0.2) is 12.5 Å². The first-order valence-corrected chi connectivity index (χ1v) is 7.96. The number of halogens is 1. The van der Waals surface area contributed by atoms with Crippen LogP contribution in [0.25, 0.3) is 10.8 Å². The van der Waals surface area contributed by atoms with Crippen molar-refractivity contribution in [3.8, 4) is 5.75 Å². The van der Waals surface area contributed by atoms with Crippen LogP contribution >= 0.6 is 22.6 Å². The quantitative estimate of drug-likeness (QED) is 0.654. The molecule has 4 heteroatoms. The number of rotatable bonds is 4. The average Bonchev–Trinajstić information content (AvgIpc) is 2.55. The largest absolute Gasteiger partial charge is 0.484 e. The van der Waals surface area contributed by atoms with E-state index < -0.39 is 0 Å². The van der Waals surface area contributed by atoms with Crippen molar-refractivity contribution in [2.75, 3.05) is 11.9 Å². The van der Waals surface area contributed by atoms with Gasteiger partial charge in [-0.2, -0.15) is 0 Å². The van der Waals surface area contributed by atoms with Crippen molar-refractivity contribution in [1.29, 1.82) is 0 Å². The molecule has 22 heavy (non-hydrogen) atoms. The number of hydrogen-bond acceptors (Lipinski definition) is 2. The van der Waals surface area contributed by atoms with Crippen LogP contribution in [0.2, 0.25) is 0 Å². The maximum atomic E-state index is 12.0. The molecule has 3 nitrogen and oxygen atoms in total. The number of anilines is 1. The molecular weight excluding hydrogens is 389 g/mol. The highest BCUT2D eigenvalue weighted by molar-refractivity contribution is 14.1. The van der Waals surface area contributed by atoms with Crippen LogP contribution in [-0.2, 0) is 4.79 Å². The van der Waals surface area contributed by atoms with E-state index in [-0.39, 0.29) is 12.5 Å². The first-order chi connectivity index (χ1) is 10.7. The number of carbonyl (C=O) groups is 1. The molecule has 0 aliphatic rings. The maximum absolute atomic E-state index is 12.0. The summed E-state index contributed by atoms with van der Waals surface area (Å²) in [5.74, 6) is 0.522. The number of carbonyl (C=O) groups excluding carboxylic acids is 1. The van der Waals surface area contributed by atoms with Gasteiger partial charge in [0, 0.05) is 3.57 Å². The van der Waals surface area contributed by atoms with Crippen LogP contribution in [0.1, 0.15) is 0 Å². The minimum absolute atomic E-state index is 0.0106. The lowest BCUT2D eigenvalue weighted by Crippen LogP contribution is -2.20. The van der Waals surface area contributed by atoms with Gasteiger partial charge in [-0.05, 0) is 57.6 Å². The molecule has 0 saturated carbocycles. The smallest absolute Gasteiger partial charge is 0.262 e. The molecule has 0 fully saturated rings. The SMILES string of the molecule is O=C(COc1ccc2ccccc2c1)Nc1ccccc1I. The van der Waals surface area contributed by atoms with Crippen LogP contribution in [0.4, 0.5) is 5.69 Å². The van der Waals surface area contributed by atoms with Gasteiger partial charge in [0.05, 0.1) is 5.69 Å². The first-order valence-electron chi connectivity index (χ1n) is 6.88. The molecule has 0 radical (unpaired) electrons. The van der Waals surface area contributed by atoms with Crippen LogP contribution in [0, 0.1) is 3.57 Å². The standard InChI is InChI=1S/C18H14INO2/c19-16-7-3-4-8-17(16)20-18(21)12-22-15-10-9-13-5-1-2-6-14(13)11-15/h1-11H,12H2,(H,20,21). The molecule has 0 aliphatic heterocycles. The molecule has 3 aromatic carbocycles. The topological polar surface area (TPSA) is 38.3 Å². The Balaban J connectivity index is 1.63. The Bertz CT molecular complexity index is 817. The summed E-state index contributed by atoms with van der Waals surface area (Å²) >= 11 is 2.19. The molecular formula is C18H14INO2. The van der Waals surface area contributed by atoms with Gasteiger partial charge in [0.2, 0.25) is 0 Å². The monoisotopic (exact) mass is 403 g/mol. The van der Waals surface area contributed by atoms with Crippen molar-refractivity contribution < 1.29 is 9.53 Å². The van der Waals surface area contributed by atoms with E-state index in [0.717, 1.165) is 20.0 Å². The normalized spacial score (nSPS) is 10.4. The Kier molecular flexibility index (Phi) is 4.58. The van der Waals surface area contributed by atoms with Gasteiger partial charge in [-0.1, -0.05) is 42.5 Å². The van der Waals surface area contributed by atoms with Gasteiger partial charge < -0.3 is 10.1 Å². The Labute approximate surface area is 142 Å². The predicted molar refractivity (Wildman–Crippen MR) is 97.2 cm³/mol. The second-order valence-corrected chi connectivity index (χ2v) is 5.99. The van der Waals surface area contributed by atoms with Crippen LogP contribution in [0.3, 0.4) is 0 Å². The lowest BCUT2D eigenvalue weighted by molar-refractivity contribution is -0.118. The van der Waals surface area contributed by atoms with Crippen molar-refractivity contribution in [3.63, 3.8) is 0 Å². The summed E-state index contributed by atoms with van der Waals surface area (Å²) < 4.78 is 6.57.